The zero-order valence-corrected chi connectivity index (χ0v) is 6.43. The molecule has 0 rings (SSSR count). The Bertz CT molecular complexity index is 11.6. The van der Waals surface area contributed by atoms with Gasteiger partial charge in [0.25, 0.3) is 0 Å². The van der Waals surface area contributed by atoms with Crippen molar-refractivity contribution < 1.29 is 0 Å². The van der Waals surface area contributed by atoms with Crippen molar-refractivity contribution in [3.63, 3.8) is 0 Å². The molecule has 0 aromatic carbocycles. The molecule has 0 aliphatic heterocycles. The Balaban J connectivity index is 0. The van der Waals surface area contributed by atoms with E-state index in [0.717, 1.165) is 0 Å². The van der Waals surface area contributed by atoms with E-state index < -0.39 is 11.8 Å². The molecule has 0 aliphatic rings. The van der Waals surface area contributed by atoms with Gasteiger partial charge in [-0.3, -0.25) is 0 Å². The van der Waals surface area contributed by atoms with Crippen molar-refractivity contribution in [2.45, 2.75) is 0 Å². The number of halogens is 3. The molecule has 0 spiro atoms. The first-order chi connectivity index (χ1) is 1.73. The summed E-state index contributed by atoms with van der Waals surface area (Å²) in [5.74, 6) is 0. The maximum atomic E-state index is 4.95. The molecule has 0 amide bonds. The summed E-state index contributed by atoms with van der Waals surface area (Å²) in [5, 5.41) is 0. The van der Waals surface area contributed by atoms with E-state index in [1.165, 1.54) is 0 Å². The molecule has 0 bridgehead atoms. The third-order valence-corrected chi connectivity index (χ3v) is 0. The molecule has 0 saturated heterocycles. The fourth-order valence-corrected chi connectivity index (χ4v) is 0. The second kappa shape index (κ2) is 5.39. The Labute approximate surface area is 47.9 Å². The van der Waals surface area contributed by atoms with Gasteiger partial charge >= 0.3 is 41.7 Å². The summed E-state index contributed by atoms with van der Waals surface area (Å²) in [6.07, 6.45) is 0. The van der Waals surface area contributed by atoms with E-state index >= 15 is 0 Å². The van der Waals surface area contributed by atoms with Crippen LogP contribution < -0.4 is 6.15 Å². The first-order valence-corrected chi connectivity index (χ1v) is 7.90. The summed E-state index contributed by atoms with van der Waals surface area (Å²) in [4.78, 5) is 0. The van der Waals surface area contributed by atoms with Crippen LogP contribution in [0.25, 0.3) is 0 Å². The van der Waals surface area contributed by atoms with Crippen LogP contribution in [0.15, 0.2) is 0 Å². The molecule has 34 valence electrons. The predicted octanol–water partition coefficient (Wildman–Crippen LogP) is 1.85. The predicted molar refractivity (Wildman–Crippen MR) is 28.3 cm³/mol. The van der Waals surface area contributed by atoms with Crippen LogP contribution >= 0.6 is 29.8 Å². The first-order valence-electron chi connectivity index (χ1n) is 0.507. The molecular formula is H3AsCl3N. The Morgan fingerprint density at radius 3 is 1.00 bits per heavy atom. The van der Waals surface area contributed by atoms with Crippen molar-refractivity contribution in [3.8, 4) is 0 Å². The second-order valence-corrected chi connectivity index (χ2v) is 8.96. The number of hydrogen-bond acceptors (Lipinski definition) is 1. The van der Waals surface area contributed by atoms with Crippen LogP contribution in [0.3, 0.4) is 0 Å². The Morgan fingerprint density at radius 2 is 1.00 bits per heavy atom. The molecule has 5 heteroatoms. The van der Waals surface area contributed by atoms with Gasteiger partial charge in [-0.25, -0.2) is 0 Å². The van der Waals surface area contributed by atoms with Crippen LogP contribution in [-0.4, -0.2) is 11.8 Å². The van der Waals surface area contributed by atoms with E-state index in [0.29, 0.717) is 0 Å². The molecular weight excluding hydrogens is 195 g/mol. The van der Waals surface area contributed by atoms with E-state index in [9.17, 15) is 0 Å². The fraction of sp³-hybridized carbons (Fsp3) is 0. The minimum Gasteiger partial charge on any atom is -0.344 e. The monoisotopic (exact) mass is 197 g/mol. The van der Waals surface area contributed by atoms with Gasteiger partial charge in [0.05, 0.1) is 0 Å². The molecule has 3 N–H and O–H groups in total. The molecule has 0 radical (unpaired) electrons. The van der Waals surface area contributed by atoms with Gasteiger partial charge in [-0.2, -0.15) is 0 Å². The van der Waals surface area contributed by atoms with E-state index in [1.807, 2.05) is 0 Å². The van der Waals surface area contributed by atoms with Crippen LogP contribution in [0, 0.1) is 0 Å². The van der Waals surface area contributed by atoms with Crippen molar-refractivity contribution in [3.05, 3.63) is 0 Å². The van der Waals surface area contributed by atoms with Crippen LogP contribution in [0.4, 0.5) is 0 Å². The number of rotatable bonds is 0. The topological polar surface area (TPSA) is 35.0 Å². The normalized spacial score (nSPS) is 7.20. The summed E-state index contributed by atoms with van der Waals surface area (Å²) in [6.45, 7) is 0. The summed E-state index contributed by atoms with van der Waals surface area (Å²) in [6, 6.07) is 0. The molecule has 0 fully saturated rings. The van der Waals surface area contributed by atoms with Crippen molar-refractivity contribution >= 4 is 41.7 Å². The zero-order chi connectivity index (χ0) is 3.58. The van der Waals surface area contributed by atoms with Gasteiger partial charge in [0.2, 0.25) is 0 Å². The van der Waals surface area contributed by atoms with Gasteiger partial charge in [0.15, 0.2) is 0 Å². The zero-order valence-electron chi connectivity index (χ0n) is 2.29. The fourth-order valence-electron chi connectivity index (χ4n) is 0. The van der Waals surface area contributed by atoms with E-state index in [1.54, 1.807) is 0 Å². The molecule has 1 nitrogen and oxygen atoms in total. The van der Waals surface area contributed by atoms with Gasteiger partial charge < -0.3 is 6.15 Å². The van der Waals surface area contributed by atoms with Crippen LogP contribution in [-0.2, 0) is 0 Å². The first kappa shape index (κ1) is 9.63. The summed E-state index contributed by atoms with van der Waals surface area (Å²) in [5.41, 5.74) is 0. The molecule has 0 aromatic heterocycles. The molecule has 0 saturated carbocycles. The third-order valence-electron chi connectivity index (χ3n) is 0. The molecule has 0 heterocycles. The Kier molecular flexibility index (Phi) is 10.4. The van der Waals surface area contributed by atoms with E-state index in [2.05, 4.69) is 0 Å². The minimum atomic E-state index is -1.77. The SMILES string of the molecule is Cl[As](Cl)Cl.N. The molecule has 0 aromatic rings. The van der Waals surface area contributed by atoms with Gasteiger partial charge in [-0.05, 0) is 0 Å². The van der Waals surface area contributed by atoms with Crippen molar-refractivity contribution in [1.29, 1.82) is 0 Å². The third kappa shape index (κ3) is 32.1. The van der Waals surface area contributed by atoms with Crippen LogP contribution in [0.5, 0.6) is 0 Å². The Hall–Kier alpha value is 1.39. The Morgan fingerprint density at radius 1 is 1.00 bits per heavy atom. The standard InChI is InChI=1S/AsCl3.H3N/c2-1(3)4;/h;1H3. The minimum absolute atomic E-state index is 0. The summed E-state index contributed by atoms with van der Waals surface area (Å²) in [7, 11) is 14.9. The largest absolute Gasteiger partial charge is 0.344 e. The summed E-state index contributed by atoms with van der Waals surface area (Å²) >= 11 is -1.77. The maximum Gasteiger partial charge on any atom is -0.344 e. The molecule has 5 heavy (non-hydrogen) atoms. The van der Waals surface area contributed by atoms with Gasteiger partial charge in [-0.1, -0.05) is 0 Å². The van der Waals surface area contributed by atoms with Gasteiger partial charge in [-0.15, -0.1) is 0 Å². The molecule has 0 unspecified atom stereocenters. The average Bonchev–Trinajstić information content (AvgIpc) is 0.811. The smallest absolute Gasteiger partial charge is 0.344 e. The summed E-state index contributed by atoms with van der Waals surface area (Å²) < 4.78 is 0. The van der Waals surface area contributed by atoms with Crippen LogP contribution in [0.2, 0.25) is 0 Å². The maximum absolute atomic E-state index is 4.95. The molecule has 0 atom stereocenters. The molecule has 0 aliphatic carbocycles. The number of hydrogen-bond donors (Lipinski definition) is 1. The second-order valence-electron chi connectivity index (χ2n) is 0.192. The van der Waals surface area contributed by atoms with E-state index in [4.69, 9.17) is 29.8 Å². The van der Waals surface area contributed by atoms with Crippen molar-refractivity contribution in [2.24, 2.45) is 0 Å². The average molecular weight is 198 g/mol. The van der Waals surface area contributed by atoms with Gasteiger partial charge in [0, 0.05) is 0 Å². The van der Waals surface area contributed by atoms with Gasteiger partial charge in [0.1, 0.15) is 0 Å². The van der Waals surface area contributed by atoms with Crippen molar-refractivity contribution in [1.82, 2.24) is 6.15 Å². The van der Waals surface area contributed by atoms with E-state index in [-0.39, 0.29) is 6.15 Å². The van der Waals surface area contributed by atoms with Crippen LogP contribution in [0.1, 0.15) is 0 Å². The van der Waals surface area contributed by atoms with Crippen molar-refractivity contribution in [2.75, 3.05) is 0 Å². The quantitative estimate of drug-likeness (QED) is 0.592.